The van der Waals surface area contributed by atoms with Crippen molar-refractivity contribution in [1.82, 2.24) is 0 Å². The maximum absolute atomic E-state index is 2.42. The third-order valence-corrected chi connectivity index (χ3v) is 12.8. The van der Waals surface area contributed by atoms with Gasteiger partial charge in [-0.25, -0.2) is 0 Å². The monoisotopic (exact) mass is 444 g/mol. The van der Waals surface area contributed by atoms with E-state index in [9.17, 15) is 0 Å². The number of hydrogen-bond donors (Lipinski definition) is 0. The molecule has 1 aliphatic carbocycles. The Bertz CT molecular complexity index is 779. The van der Waals surface area contributed by atoms with Crippen LogP contribution in [-0.4, -0.2) is 6.16 Å². The topological polar surface area (TPSA) is 0 Å². The molecule has 1 fully saturated rings. The summed E-state index contributed by atoms with van der Waals surface area (Å²) in [7, 11) is -2.10. The zero-order valence-electron chi connectivity index (χ0n) is 19.7. The average molecular weight is 445 g/mol. The molecule has 1 aliphatic rings. The molecule has 4 rings (SSSR count). The number of benzene rings is 3. The Hall–Kier alpha value is -1.91. The normalized spacial score (nSPS) is 17.8. The molecule has 3 aromatic rings. The zero-order valence-corrected chi connectivity index (χ0v) is 20.7. The summed E-state index contributed by atoms with van der Waals surface area (Å²) < 4.78 is 0. The van der Waals surface area contributed by atoms with Gasteiger partial charge >= 0.3 is 197 Å². The van der Waals surface area contributed by atoms with Gasteiger partial charge in [-0.15, -0.1) is 0 Å². The van der Waals surface area contributed by atoms with Gasteiger partial charge in [-0.2, -0.15) is 0 Å². The van der Waals surface area contributed by atoms with Crippen LogP contribution >= 0.6 is 7.26 Å². The minimum atomic E-state index is -2.10. The summed E-state index contributed by atoms with van der Waals surface area (Å²) in [6.45, 7) is 0. The Morgan fingerprint density at radius 2 is 0.750 bits per heavy atom. The van der Waals surface area contributed by atoms with Gasteiger partial charge in [0.1, 0.15) is 0 Å². The van der Waals surface area contributed by atoms with Crippen LogP contribution in [0, 0.1) is 5.92 Å². The van der Waals surface area contributed by atoms with Crippen LogP contribution in [0.4, 0.5) is 0 Å². The Labute approximate surface area is 196 Å². The molecule has 0 N–H and O–H groups in total. The van der Waals surface area contributed by atoms with E-state index in [0.29, 0.717) is 0 Å². The molecule has 1 heteroatoms. The molecule has 0 aromatic heterocycles. The maximum atomic E-state index is 2.42. The quantitative estimate of drug-likeness (QED) is 0.355. The molecule has 0 heterocycles. The molecule has 0 radical (unpaired) electrons. The molecule has 3 aromatic carbocycles. The van der Waals surface area contributed by atoms with Gasteiger partial charge in [-0.1, -0.05) is 0 Å². The van der Waals surface area contributed by atoms with E-state index in [4.69, 9.17) is 0 Å². The van der Waals surface area contributed by atoms with Crippen LogP contribution in [0.1, 0.15) is 70.6 Å². The first kappa shape index (κ1) is 23.3. The second kappa shape index (κ2) is 12.4. The fraction of sp³-hybridized carbons (Fsp3) is 0.419. The van der Waals surface area contributed by atoms with Crippen LogP contribution < -0.4 is 15.9 Å². The standard InChI is InChI=1S/C31H41P/c1-2-4-6-11-19-28(20-12-7-5-3-1)27-32(29-21-13-8-14-22-29,30-23-15-9-16-24-30)31-25-17-10-18-26-31/h8-10,13-18,21-26,28,32H,1-7,11-12,19-20,27H2. The molecule has 0 atom stereocenters. The van der Waals surface area contributed by atoms with Gasteiger partial charge < -0.3 is 0 Å². The fourth-order valence-electron chi connectivity index (χ4n) is 5.91. The van der Waals surface area contributed by atoms with Crippen molar-refractivity contribution in [3.63, 3.8) is 0 Å². The van der Waals surface area contributed by atoms with Crippen LogP contribution in [0.15, 0.2) is 91.0 Å². The van der Waals surface area contributed by atoms with E-state index in [2.05, 4.69) is 91.0 Å². The second-order valence-electron chi connectivity index (χ2n) is 9.83. The molecular formula is C31H41P. The third kappa shape index (κ3) is 5.90. The fourth-order valence-corrected chi connectivity index (χ4v) is 11.2. The molecule has 170 valence electrons. The first-order valence-corrected chi connectivity index (χ1v) is 15.3. The molecular weight excluding hydrogens is 403 g/mol. The van der Waals surface area contributed by atoms with Crippen molar-refractivity contribution in [3.05, 3.63) is 91.0 Å². The van der Waals surface area contributed by atoms with E-state index in [1.54, 1.807) is 15.9 Å². The molecule has 0 unspecified atom stereocenters. The molecule has 0 bridgehead atoms. The van der Waals surface area contributed by atoms with Crippen molar-refractivity contribution in [3.8, 4) is 0 Å². The Balaban J connectivity index is 1.74. The predicted octanol–water partition coefficient (Wildman–Crippen LogP) is 7.63. The van der Waals surface area contributed by atoms with Gasteiger partial charge in [0.15, 0.2) is 0 Å². The summed E-state index contributed by atoms with van der Waals surface area (Å²) in [4.78, 5) is 0. The van der Waals surface area contributed by atoms with Crippen LogP contribution in [0.2, 0.25) is 0 Å². The van der Waals surface area contributed by atoms with Crippen molar-refractivity contribution in [1.29, 1.82) is 0 Å². The summed E-state index contributed by atoms with van der Waals surface area (Å²) in [5.74, 6) is 0.821. The van der Waals surface area contributed by atoms with Gasteiger partial charge in [-0.3, -0.25) is 0 Å². The van der Waals surface area contributed by atoms with Crippen LogP contribution in [0.3, 0.4) is 0 Å². The number of rotatable bonds is 5. The van der Waals surface area contributed by atoms with Gasteiger partial charge in [0.2, 0.25) is 0 Å². The van der Waals surface area contributed by atoms with Crippen molar-refractivity contribution in [2.75, 3.05) is 6.16 Å². The molecule has 1 saturated carbocycles. The molecule has 32 heavy (non-hydrogen) atoms. The second-order valence-corrected chi connectivity index (χ2v) is 13.8. The Morgan fingerprint density at radius 3 is 1.09 bits per heavy atom. The van der Waals surface area contributed by atoms with Gasteiger partial charge in [-0.05, 0) is 0 Å². The van der Waals surface area contributed by atoms with Gasteiger partial charge in [0.25, 0.3) is 0 Å². The van der Waals surface area contributed by atoms with E-state index in [-0.39, 0.29) is 0 Å². The van der Waals surface area contributed by atoms with E-state index >= 15 is 0 Å². The number of hydrogen-bond acceptors (Lipinski definition) is 0. The Kier molecular flexibility index (Phi) is 8.98. The first-order chi connectivity index (χ1) is 15.9. The first-order valence-electron chi connectivity index (χ1n) is 13.1. The average Bonchev–Trinajstić information content (AvgIpc) is 2.85. The summed E-state index contributed by atoms with van der Waals surface area (Å²) in [6.07, 6.45) is 17.0. The third-order valence-electron chi connectivity index (χ3n) is 7.62. The SMILES string of the molecule is c1ccc([PH](CC2CCCCCCCCCCC2)(c2ccccc2)c2ccccc2)cc1. The summed E-state index contributed by atoms with van der Waals surface area (Å²) in [6, 6.07) is 34.6. The van der Waals surface area contributed by atoms with Crippen LogP contribution in [0.25, 0.3) is 0 Å². The van der Waals surface area contributed by atoms with E-state index in [1.165, 1.54) is 76.8 Å². The van der Waals surface area contributed by atoms with E-state index in [1.807, 2.05) is 0 Å². The summed E-state index contributed by atoms with van der Waals surface area (Å²) >= 11 is 0. The van der Waals surface area contributed by atoms with Crippen molar-refractivity contribution >= 4 is 23.2 Å². The van der Waals surface area contributed by atoms with Crippen molar-refractivity contribution in [2.45, 2.75) is 70.6 Å². The predicted molar refractivity (Wildman–Crippen MR) is 146 cm³/mol. The molecule has 0 amide bonds. The molecule has 0 saturated heterocycles. The van der Waals surface area contributed by atoms with E-state index < -0.39 is 7.26 Å². The minimum absolute atomic E-state index is 0.821. The van der Waals surface area contributed by atoms with E-state index in [0.717, 1.165) is 5.92 Å². The summed E-state index contributed by atoms with van der Waals surface area (Å²) in [5, 5.41) is 4.72. The zero-order chi connectivity index (χ0) is 21.9. The summed E-state index contributed by atoms with van der Waals surface area (Å²) in [5.41, 5.74) is 0. The molecule has 0 spiro atoms. The van der Waals surface area contributed by atoms with Gasteiger partial charge in [0, 0.05) is 0 Å². The Morgan fingerprint density at radius 1 is 0.438 bits per heavy atom. The molecule has 0 aliphatic heterocycles. The van der Waals surface area contributed by atoms with Crippen molar-refractivity contribution < 1.29 is 0 Å². The van der Waals surface area contributed by atoms with Gasteiger partial charge in [0.05, 0.1) is 0 Å². The van der Waals surface area contributed by atoms with Crippen LogP contribution in [-0.2, 0) is 0 Å². The van der Waals surface area contributed by atoms with Crippen molar-refractivity contribution in [2.24, 2.45) is 5.92 Å². The van der Waals surface area contributed by atoms with Crippen LogP contribution in [0.5, 0.6) is 0 Å². The molecule has 0 nitrogen and oxygen atoms in total.